The molecule has 5 heteroatoms. The summed E-state index contributed by atoms with van der Waals surface area (Å²) in [6.45, 7) is 0. The van der Waals surface area contributed by atoms with Crippen LogP contribution in [0.3, 0.4) is 0 Å². The van der Waals surface area contributed by atoms with E-state index in [1.165, 1.54) is 12.8 Å². The highest BCUT2D eigenvalue weighted by Gasteiger charge is 2.24. The van der Waals surface area contributed by atoms with Crippen molar-refractivity contribution in [1.29, 1.82) is 0 Å². The second-order valence-corrected chi connectivity index (χ2v) is 7.13. The molecule has 1 saturated carbocycles. The van der Waals surface area contributed by atoms with E-state index in [-0.39, 0.29) is 5.56 Å². The standard InChI is InChI=1S/C22H19N3O2/c26-22(27)14-9-10-20-19(13-14)24-21(25(20)15-5-1-2-6-15)17-11-12-23-18-8-4-3-7-16(17)18/h3-4,7-13,15H,1-2,5-6H2,(H,26,27). The fourth-order valence-corrected chi connectivity index (χ4v) is 4.24. The topological polar surface area (TPSA) is 68.0 Å². The number of imidazole rings is 1. The Hall–Kier alpha value is -3.21. The van der Waals surface area contributed by atoms with Crippen molar-refractivity contribution in [2.45, 2.75) is 31.7 Å². The fourth-order valence-electron chi connectivity index (χ4n) is 4.24. The molecule has 5 rings (SSSR count). The van der Waals surface area contributed by atoms with Gasteiger partial charge in [-0.2, -0.15) is 0 Å². The second kappa shape index (κ2) is 6.20. The van der Waals surface area contributed by atoms with Crippen molar-refractivity contribution in [2.24, 2.45) is 0 Å². The Morgan fingerprint density at radius 3 is 2.67 bits per heavy atom. The molecule has 2 aromatic heterocycles. The van der Waals surface area contributed by atoms with E-state index in [0.29, 0.717) is 6.04 Å². The Kier molecular flexibility index (Phi) is 3.67. The van der Waals surface area contributed by atoms with E-state index < -0.39 is 5.97 Å². The molecule has 1 aliphatic carbocycles. The first kappa shape index (κ1) is 16.0. The van der Waals surface area contributed by atoms with Gasteiger partial charge in [0.2, 0.25) is 0 Å². The molecule has 0 amide bonds. The second-order valence-electron chi connectivity index (χ2n) is 7.13. The average Bonchev–Trinajstić information content (AvgIpc) is 3.34. The lowest BCUT2D eigenvalue weighted by Gasteiger charge is -2.17. The van der Waals surface area contributed by atoms with Gasteiger partial charge in [0, 0.05) is 23.2 Å². The molecule has 2 heterocycles. The Bertz CT molecular complexity index is 1170. The number of hydrogen-bond acceptors (Lipinski definition) is 3. The SMILES string of the molecule is O=C(O)c1ccc2c(c1)nc(-c1ccnc3ccccc13)n2C1CCCC1. The van der Waals surface area contributed by atoms with E-state index in [1.54, 1.807) is 12.1 Å². The van der Waals surface area contributed by atoms with Gasteiger partial charge in [0.1, 0.15) is 5.82 Å². The van der Waals surface area contributed by atoms with Gasteiger partial charge >= 0.3 is 5.97 Å². The molecule has 0 bridgehead atoms. The maximum Gasteiger partial charge on any atom is 0.335 e. The van der Waals surface area contributed by atoms with Gasteiger partial charge in [-0.1, -0.05) is 31.0 Å². The number of aromatic carboxylic acids is 1. The Morgan fingerprint density at radius 1 is 1.04 bits per heavy atom. The third kappa shape index (κ3) is 2.58. The summed E-state index contributed by atoms with van der Waals surface area (Å²) in [5, 5.41) is 10.4. The zero-order valence-electron chi connectivity index (χ0n) is 14.8. The van der Waals surface area contributed by atoms with Gasteiger partial charge in [-0.25, -0.2) is 9.78 Å². The summed E-state index contributed by atoms with van der Waals surface area (Å²) in [7, 11) is 0. The minimum atomic E-state index is -0.928. The van der Waals surface area contributed by atoms with Gasteiger partial charge < -0.3 is 9.67 Å². The minimum Gasteiger partial charge on any atom is -0.478 e. The lowest BCUT2D eigenvalue weighted by molar-refractivity contribution is 0.0697. The summed E-state index contributed by atoms with van der Waals surface area (Å²) in [4.78, 5) is 20.8. The lowest BCUT2D eigenvalue weighted by Crippen LogP contribution is -2.07. The molecule has 4 aromatic rings. The van der Waals surface area contributed by atoms with Crippen molar-refractivity contribution < 1.29 is 9.90 Å². The summed E-state index contributed by atoms with van der Waals surface area (Å²) in [5.41, 5.74) is 3.98. The molecular formula is C22H19N3O2. The number of nitrogens with zero attached hydrogens (tertiary/aromatic N) is 3. The molecule has 0 spiro atoms. The quantitative estimate of drug-likeness (QED) is 0.556. The zero-order valence-corrected chi connectivity index (χ0v) is 14.8. The Labute approximate surface area is 156 Å². The first-order valence-corrected chi connectivity index (χ1v) is 9.32. The number of carboxylic acids is 1. The van der Waals surface area contributed by atoms with Crippen LogP contribution in [0.15, 0.2) is 54.7 Å². The molecule has 0 unspecified atom stereocenters. The highest BCUT2D eigenvalue weighted by molar-refractivity contribution is 5.96. The zero-order chi connectivity index (χ0) is 18.4. The fraction of sp³-hybridized carbons (Fsp3) is 0.227. The van der Waals surface area contributed by atoms with E-state index in [0.717, 1.165) is 46.2 Å². The van der Waals surface area contributed by atoms with E-state index in [4.69, 9.17) is 4.98 Å². The van der Waals surface area contributed by atoms with Crippen molar-refractivity contribution in [3.63, 3.8) is 0 Å². The van der Waals surface area contributed by atoms with Crippen molar-refractivity contribution in [3.05, 3.63) is 60.3 Å². The largest absolute Gasteiger partial charge is 0.478 e. The predicted molar refractivity (Wildman–Crippen MR) is 105 cm³/mol. The third-order valence-corrected chi connectivity index (χ3v) is 5.52. The van der Waals surface area contributed by atoms with Crippen LogP contribution in [0.25, 0.3) is 33.3 Å². The first-order chi connectivity index (χ1) is 13.2. The monoisotopic (exact) mass is 357 g/mol. The molecule has 27 heavy (non-hydrogen) atoms. The number of benzene rings is 2. The van der Waals surface area contributed by atoms with E-state index in [1.807, 2.05) is 36.5 Å². The summed E-state index contributed by atoms with van der Waals surface area (Å²) in [5.74, 6) is -0.0266. The van der Waals surface area contributed by atoms with Crippen LogP contribution in [0.4, 0.5) is 0 Å². The molecule has 2 aromatic carbocycles. The number of aromatic nitrogens is 3. The highest BCUT2D eigenvalue weighted by Crippen LogP contribution is 2.38. The van der Waals surface area contributed by atoms with Crippen LogP contribution >= 0.6 is 0 Å². The van der Waals surface area contributed by atoms with Crippen molar-refractivity contribution in [1.82, 2.24) is 14.5 Å². The van der Waals surface area contributed by atoms with Crippen molar-refractivity contribution >= 4 is 27.9 Å². The van der Waals surface area contributed by atoms with Crippen molar-refractivity contribution in [3.8, 4) is 11.4 Å². The van der Waals surface area contributed by atoms with E-state index in [2.05, 4.69) is 15.6 Å². The molecule has 0 saturated heterocycles. The predicted octanol–water partition coefficient (Wildman–Crippen LogP) is 5.06. The number of rotatable bonds is 3. The molecule has 134 valence electrons. The summed E-state index contributed by atoms with van der Waals surface area (Å²) < 4.78 is 2.32. The molecule has 1 fully saturated rings. The van der Waals surface area contributed by atoms with Gasteiger partial charge in [-0.05, 0) is 43.2 Å². The van der Waals surface area contributed by atoms with Gasteiger partial charge in [0.05, 0.1) is 22.1 Å². The Morgan fingerprint density at radius 2 is 1.85 bits per heavy atom. The first-order valence-electron chi connectivity index (χ1n) is 9.32. The molecule has 1 N–H and O–H groups in total. The number of fused-ring (bicyclic) bond motifs is 2. The summed E-state index contributed by atoms with van der Waals surface area (Å²) >= 11 is 0. The van der Waals surface area contributed by atoms with Crippen LogP contribution in [0.5, 0.6) is 0 Å². The Balaban J connectivity index is 1.82. The molecular weight excluding hydrogens is 338 g/mol. The summed E-state index contributed by atoms with van der Waals surface area (Å²) in [6.07, 6.45) is 6.51. The van der Waals surface area contributed by atoms with Gasteiger partial charge in [0.15, 0.2) is 0 Å². The normalized spacial score (nSPS) is 15.0. The number of carboxylic acid groups (broad SMARTS) is 1. The highest BCUT2D eigenvalue weighted by atomic mass is 16.4. The van der Waals surface area contributed by atoms with Crippen LogP contribution in [-0.4, -0.2) is 25.6 Å². The van der Waals surface area contributed by atoms with Crippen LogP contribution in [0, 0.1) is 0 Å². The van der Waals surface area contributed by atoms with Crippen LogP contribution in [-0.2, 0) is 0 Å². The average molecular weight is 357 g/mol. The van der Waals surface area contributed by atoms with Crippen molar-refractivity contribution in [2.75, 3.05) is 0 Å². The van der Waals surface area contributed by atoms with Gasteiger partial charge in [-0.3, -0.25) is 4.98 Å². The molecule has 0 radical (unpaired) electrons. The molecule has 0 atom stereocenters. The molecule has 1 aliphatic rings. The number of pyridine rings is 1. The number of para-hydroxylation sites is 1. The van der Waals surface area contributed by atoms with Crippen LogP contribution in [0.2, 0.25) is 0 Å². The smallest absolute Gasteiger partial charge is 0.335 e. The van der Waals surface area contributed by atoms with E-state index in [9.17, 15) is 9.90 Å². The number of carbonyl (C=O) groups is 1. The van der Waals surface area contributed by atoms with Gasteiger partial charge in [0.25, 0.3) is 0 Å². The molecule has 0 aliphatic heterocycles. The van der Waals surface area contributed by atoms with E-state index >= 15 is 0 Å². The molecule has 5 nitrogen and oxygen atoms in total. The summed E-state index contributed by atoms with van der Waals surface area (Å²) in [6, 6.07) is 15.7. The minimum absolute atomic E-state index is 0.268. The van der Waals surface area contributed by atoms with Crippen LogP contribution < -0.4 is 0 Å². The lowest BCUT2D eigenvalue weighted by atomic mass is 10.1. The maximum absolute atomic E-state index is 11.4. The van der Waals surface area contributed by atoms with Gasteiger partial charge in [-0.15, -0.1) is 0 Å². The maximum atomic E-state index is 11.4. The van der Waals surface area contributed by atoms with Crippen LogP contribution in [0.1, 0.15) is 42.1 Å². The third-order valence-electron chi connectivity index (χ3n) is 5.52. The number of hydrogen-bond donors (Lipinski definition) is 1.